The summed E-state index contributed by atoms with van der Waals surface area (Å²) in [6.45, 7) is 5.79. The summed E-state index contributed by atoms with van der Waals surface area (Å²) in [6.07, 6.45) is 2.82. The van der Waals surface area contributed by atoms with E-state index in [4.69, 9.17) is 0 Å². The van der Waals surface area contributed by atoms with Crippen LogP contribution in [-0.4, -0.2) is 54.9 Å². The topological polar surface area (TPSA) is 69.7 Å². The highest BCUT2D eigenvalue weighted by atomic mass is 32.2. The minimum absolute atomic E-state index is 0.133. The molecule has 7 heteroatoms. The highest BCUT2D eigenvalue weighted by molar-refractivity contribution is 7.89. The second-order valence-electron chi connectivity index (χ2n) is 9.10. The Labute approximate surface area is 191 Å². The van der Waals surface area contributed by atoms with Crippen LogP contribution in [0.25, 0.3) is 0 Å². The van der Waals surface area contributed by atoms with E-state index in [-0.39, 0.29) is 11.9 Å². The molecule has 2 aliphatic rings. The first kappa shape index (κ1) is 23.0. The van der Waals surface area contributed by atoms with Crippen molar-refractivity contribution in [1.82, 2.24) is 14.5 Å². The molecule has 2 aliphatic heterocycles. The van der Waals surface area contributed by atoms with Gasteiger partial charge in [0.1, 0.15) is 0 Å². The van der Waals surface area contributed by atoms with E-state index in [2.05, 4.69) is 19.2 Å². The van der Waals surface area contributed by atoms with Gasteiger partial charge >= 0.3 is 0 Å². The van der Waals surface area contributed by atoms with Gasteiger partial charge in [-0.05, 0) is 42.9 Å². The fourth-order valence-corrected chi connectivity index (χ4v) is 6.27. The minimum atomic E-state index is -3.53. The summed E-state index contributed by atoms with van der Waals surface area (Å²) in [5, 5.41) is 3.65. The van der Waals surface area contributed by atoms with Crippen LogP contribution in [0.2, 0.25) is 0 Å². The van der Waals surface area contributed by atoms with Gasteiger partial charge in [-0.25, -0.2) is 8.42 Å². The SMILES string of the molecule is CC[C@@H](C)CN1C(=O)[C@@H](Cc2ccccc2)NC12CCN(S(=O)(=O)c1ccccc1)CC2. The van der Waals surface area contributed by atoms with E-state index in [0.29, 0.717) is 49.7 Å². The molecular weight excluding hydrogens is 422 g/mol. The molecule has 2 saturated heterocycles. The third kappa shape index (κ3) is 4.47. The lowest BCUT2D eigenvalue weighted by molar-refractivity contribution is -0.134. The Morgan fingerprint density at radius 2 is 1.62 bits per heavy atom. The number of hydrogen-bond donors (Lipinski definition) is 1. The predicted molar refractivity (Wildman–Crippen MR) is 125 cm³/mol. The van der Waals surface area contributed by atoms with E-state index in [1.165, 1.54) is 0 Å². The summed E-state index contributed by atoms with van der Waals surface area (Å²) >= 11 is 0. The third-order valence-electron chi connectivity index (χ3n) is 6.93. The van der Waals surface area contributed by atoms with E-state index >= 15 is 0 Å². The number of nitrogens with one attached hydrogen (secondary N) is 1. The lowest BCUT2D eigenvalue weighted by Crippen LogP contribution is -2.60. The van der Waals surface area contributed by atoms with Gasteiger partial charge < -0.3 is 4.90 Å². The van der Waals surface area contributed by atoms with Gasteiger partial charge in [-0.1, -0.05) is 68.8 Å². The van der Waals surface area contributed by atoms with Gasteiger partial charge in [0.25, 0.3) is 0 Å². The molecule has 2 aromatic carbocycles. The fourth-order valence-electron chi connectivity index (χ4n) is 4.81. The van der Waals surface area contributed by atoms with Crippen molar-refractivity contribution in [2.75, 3.05) is 19.6 Å². The van der Waals surface area contributed by atoms with Crippen molar-refractivity contribution in [3.05, 3.63) is 66.2 Å². The number of amides is 1. The van der Waals surface area contributed by atoms with E-state index in [0.717, 1.165) is 12.0 Å². The molecule has 2 atom stereocenters. The van der Waals surface area contributed by atoms with Crippen molar-refractivity contribution >= 4 is 15.9 Å². The second-order valence-corrected chi connectivity index (χ2v) is 11.0. The van der Waals surface area contributed by atoms with Crippen molar-refractivity contribution < 1.29 is 13.2 Å². The number of rotatable bonds is 7. The summed E-state index contributed by atoms with van der Waals surface area (Å²) in [6, 6.07) is 18.4. The highest BCUT2D eigenvalue weighted by Gasteiger charge is 2.52. The molecule has 1 spiro atoms. The molecule has 0 saturated carbocycles. The number of nitrogens with zero attached hydrogens (tertiary/aromatic N) is 2. The van der Waals surface area contributed by atoms with Crippen LogP contribution in [0.1, 0.15) is 38.7 Å². The normalized spacial score (nSPS) is 22.4. The van der Waals surface area contributed by atoms with Gasteiger partial charge in [0.05, 0.1) is 16.6 Å². The summed E-state index contributed by atoms with van der Waals surface area (Å²) < 4.78 is 27.7. The van der Waals surface area contributed by atoms with Crippen LogP contribution in [0, 0.1) is 5.92 Å². The van der Waals surface area contributed by atoms with Crippen LogP contribution >= 0.6 is 0 Å². The summed E-state index contributed by atoms with van der Waals surface area (Å²) in [4.78, 5) is 15.8. The number of carbonyl (C=O) groups excluding carboxylic acids is 1. The van der Waals surface area contributed by atoms with Crippen molar-refractivity contribution in [3.8, 4) is 0 Å². The zero-order chi connectivity index (χ0) is 22.8. The molecule has 0 bridgehead atoms. The van der Waals surface area contributed by atoms with Crippen molar-refractivity contribution in [3.63, 3.8) is 0 Å². The second kappa shape index (κ2) is 9.33. The molecule has 2 aromatic rings. The smallest absolute Gasteiger partial charge is 0.243 e. The standard InChI is InChI=1S/C25H33N3O3S/c1-3-20(2)19-28-24(29)23(18-21-10-6-4-7-11-21)26-25(28)14-16-27(17-15-25)32(30,31)22-12-8-5-9-13-22/h4-13,20,23,26H,3,14-19H2,1-2H3/t20-,23-/m1/s1. The van der Waals surface area contributed by atoms with Crippen LogP contribution in [0.15, 0.2) is 65.6 Å². The third-order valence-corrected chi connectivity index (χ3v) is 8.84. The average Bonchev–Trinajstić information content (AvgIpc) is 3.05. The fraction of sp³-hybridized carbons (Fsp3) is 0.480. The monoisotopic (exact) mass is 455 g/mol. The Hall–Kier alpha value is -2.22. The number of piperidine rings is 1. The summed E-state index contributed by atoms with van der Waals surface area (Å²) in [5.74, 6) is 0.521. The Morgan fingerprint density at radius 1 is 1.03 bits per heavy atom. The van der Waals surface area contributed by atoms with E-state index in [1.54, 1.807) is 28.6 Å². The average molecular weight is 456 g/mol. The molecule has 0 aliphatic carbocycles. The quantitative estimate of drug-likeness (QED) is 0.696. The first-order valence-corrected chi connectivity index (χ1v) is 13.0. The zero-order valence-electron chi connectivity index (χ0n) is 18.9. The summed E-state index contributed by atoms with van der Waals surface area (Å²) in [7, 11) is -3.53. The maximum Gasteiger partial charge on any atom is 0.243 e. The molecule has 1 amide bonds. The molecule has 1 N–H and O–H groups in total. The van der Waals surface area contributed by atoms with Gasteiger partial charge in [0.2, 0.25) is 15.9 Å². The van der Waals surface area contributed by atoms with Crippen LogP contribution in [0.3, 0.4) is 0 Å². The Morgan fingerprint density at radius 3 is 2.22 bits per heavy atom. The molecule has 0 aromatic heterocycles. The Kier molecular flexibility index (Phi) is 6.70. The molecule has 4 rings (SSSR count). The van der Waals surface area contributed by atoms with Crippen LogP contribution < -0.4 is 5.32 Å². The molecule has 2 fully saturated rings. The van der Waals surface area contributed by atoms with E-state index in [1.807, 2.05) is 41.3 Å². The first-order chi connectivity index (χ1) is 15.4. The van der Waals surface area contributed by atoms with Crippen LogP contribution in [0.5, 0.6) is 0 Å². The summed E-state index contributed by atoms with van der Waals surface area (Å²) in [5.41, 5.74) is 0.644. The van der Waals surface area contributed by atoms with Gasteiger partial charge in [-0.2, -0.15) is 4.31 Å². The van der Waals surface area contributed by atoms with Crippen molar-refractivity contribution in [2.24, 2.45) is 5.92 Å². The Balaban J connectivity index is 1.54. The van der Waals surface area contributed by atoms with E-state index < -0.39 is 15.7 Å². The lowest BCUT2D eigenvalue weighted by atomic mass is 9.95. The van der Waals surface area contributed by atoms with Crippen molar-refractivity contribution in [1.29, 1.82) is 0 Å². The van der Waals surface area contributed by atoms with Gasteiger partial charge in [0, 0.05) is 19.6 Å². The van der Waals surface area contributed by atoms with Crippen molar-refractivity contribution in [2.45, 2.75) is 56.1 Å². The molecule has 0 radical (unpaired) electrons. The maximum atomic E-state index is 13.5. The first-order valence-electron chi connectivity index (χ1n) is 11.5. The maximum absolute atomic E-state index is 13.5. The van der Waals surface area contributed by atoms with Gasteiger partial charge in [0.15, 0.2) is 0 Å². The zero-order valence-corrected chi connectivity index (χ0v) is 19.7. The molecular formula is C25H33N3O3S. The number of benzene rings is 2. The largest absolute Gasteiger partial charge is 0.323 e. The van der Waals surface area contributed by atoms with E-state index in [9.17, 15) is 13.2 Å². The molecule has 172 valence electrons. The predicted octanol–water partition coefficient (Wildman–Crippen LogP) is 3.26. The molecule has 0 unspecified atom stereocenters. The number of hydrogen-bond acceptors (Lipinski definition) is 4. The minimum Gasteiger partial charge on any atom is -0.323 e. The van der Waals surface area contributed by atoms with Crippen LogP contribution in [-0.2, 0) is 21.2 Å². The number of sulfonamides is 1. The van der Waals surface area contributed by atoms with Crippen LogP contribution in [0.4, 0.5) is 0 Å². The molecule has 6 nitrogen and oxygen atoms in total. The van der Waals surface area contributed by atoms with Gasteiger partial charge in [-0.15, -0.1) is 0 Å². The Bertz CT molecular complexity index is 1020. The van der Waals surface area contributed by atoms with Gasteiger partial charge in [-0.3, -0.25) is 10.1 Å². The number of carbonyl (C=O) groups is 1. The lowest BCUT2D eigenvalue weighted by Gasteiger charge is -2.45. The highest BCUT2D eigenvalue weighted by Crippen LogP contribution is 2.35. The molecule has 2 heterocycles. The molecule has 32 heavy (non-hydrogen) atoms.